The Morgan fingerprint density at radius 3 is 2.88 bits per heavy atom. The van der Waals surface area contributed by atoms with Crippen LogP contribution in [0.5, 0.6) is 11.6 Å². The minimum absolute atomic E-state index is 0.0535. The summed E-state index contributed by atoms with van der Waals surface area (Å²) in [5.74, 6) is 5.97. The standard InChI is InChI=1S/C23H19N5O4S/c1-24-22-25-17-5-3-4-13(18(17)33-22)8-9-23(20(30)26-21(31)27-23)12-28-11-14-6-7-15(32-2)10-16(14)19(28)29/h3-7,10-11,29H,12H2,1-2H3,(H,24,25)(H2,26,27,30,31)/t23-/m1/s1. The summed E-state index contributed by atoms with van der Waals surface area (Å²) in [6, 6.07) is 10.2. The van der Waals surface area contributed by atoms with Gasteiger partial charge < -0.3 is 25.0 Å². The normalized spacial score (nSPS) is 17.5. The molecule has 1 aliphatic heterocycles. The molecule has 10 heteroatoms. The van der Waals surface area contributed by atoms with Crippen LogP contribution in [0.4, 0.5) is 9.93 Å². The van der Waals surface area contributed by atoms with Crippen molar-refractivity contribution >= 4 is 49.4 Å². The first-order valence-electron chi connectivity index (χ1n) is 10.0. The molecule has 0 radical (unpaired) electrons. The molecule has 1 atom stereocenters. The molecule has 0 spiro atoms. The molecular weight excluding hydrogens is 442 g/mol. The minimum Gasteiger partial charge on any atom is -0.497 e. The third-order valence-corrected chi connectivity index (χ3v) is 6.58. The Kier molecular flexibility index (Phi) is 4.83. The van der Waals surface area contributed by atoms with E-state index >= 15 is 0 Å². The molecule has 0 bridgehead atoms. The zero-order chi connectivity index (χ0) is 23.2. The van der Waals surface area contributed by atoms with Crippen molar-refractivity contribution < 1.29 is 19.4 Å². The Balaban J connectivity index is 1.59. The number of ether oxygens (including phenoxy) is 1. The molecule has 0 saturated carbocycles. The number of benzene rings is 2. The van der Waals surface area contributed by atoms with Crippen LogP contribution < -0.4 is 20.7 Å². The van der Waals surface area contributed by atoms with Crippen LogP contribution in [0.25, 0.3) is 21.0 Å². The Hall–Kier alpha value is -4.23. The number of aromatic hydroxyl groups is 1. The lowest BCUT2D eigenvalue weighted by molar-refractivity contribution is -0.122. The third-order valence-electron chi connectivity index (χ3n) is 5.46. The summed E-state index contributed by atoms with van der Waals surface area (Å²) in [6.45, 7) is -0.0825. The number of nitrogens with zero attached hydrogens (tertiary/aromatic N) is 2. The quantitative estimate of drug-likeness (QED) is 0.274. The highest BCUT2D eigenvalue weighted by molar-refractivity contribution is 7.22. The van der Waals surface area contributed by atoms with Gasteiger partial charge in [0.25, 0.3) is 5.91 Å². The fourth-order valence-electron chi connectivity index (χ4n) is 3.79. The number of carbonyl (C=O) groups excluding carboxylic acids is 2. The Labute approximate surface area is 192 Å². The van der Waals surface area contributed by atoms with Crippen LogP contribution >= 0.6 is 11.3 Å². The molecule has 3 heterocycles. The maximum absolute atomic E-state index is 12.8. The monoisotopic (exact) mass is 461 g/mol. The smallest absolute Gasteiger partial charge is 0.323 e. The predicted octanol–water partition coefficient (Wildman–Crippen LogP) is 2.64. The lowest BCUT2D eigenvalue weighted by Gasteiger charge is -2.20. The van der Waals surface area contributed by atoms with Gasteiger partial charge in [0.05, 0.1) is 23.9 Å². The maximum Gasteiger partial charge on any atom is 0.323 e. The van der Waals surface area contributed by atoms with Crippen molar-refractivity contribution in [1.82, 2.24) is 20.2 Å². The van der Waals surface area contributed by atoms with Crippen molar-refractivity contribution in [3.63, 3.8) is 0 Å². The van der Waals surface area contributed by atoms with E-state index < -0.39 is 17.5 Å². The van der Waals surface area contributed by atoms with E-state index in [1.165, 1.54) is 15.9 Å². The van der Waals surface area contributed by atoms with Gasteiger partial charge in [-0.25, -0.2) is 9.78 Å². The third kappa shape index (κ3) is 3.48. The molecule has 1 fully saturated rings. The summed E-state index contributed by atoms with van der Waals surface area (Å²) in [4.78, 5) is 29.4. The number of nitrogens with one attached hydrogen (secondary N) is 3. The van der Waals surface area contributed by atoms with Crippen LogP contribution in [0.15, 0.2) is 42.6 Å². The van der Waals surface area contributed by atoms with Crippen LogP contribution in [0.2, 0.25) is 0 Å². The number of urea groups is 1. The van der Waals surface area contributed by atoms with E-state index in [-0.39, 0.29) is 12.4 Å². The number of fused-ring (bicyclic) bond motifs is 2. The van der Waals surface area contributed by atoms with Crippen molar-refractivity contribution in [2.45, 2.75) is 12.1 Å². The molecule has 5 rings (SSSR count). The van der Waals surface area contributed by atoms with E-state index in [9.17, 15) is 14.7 Å². The summed E-state index contributed by atoms with van der Waals surface area (Å²) in [6.07, 6.45) is 1.70. The highest BCUT2D eigenvalue weighted by Gasteiger charge is 2.46. The van der Waals surface area contributed by atoms with Crippen molar-refractivity contribution in [3.8, 4) is 23.5 Å². The zero-order valence-electron chi connectivity index (χ0n) is 17.7. The van der Waals surface area contributed by atoms with Gasteiger partial charge in [-0.3, -0.25) is 10.1 Å². The predicted molar refractivity (Wildman–Crippen MR) is 126 cm³/mol. The summed E-state index contributed by atoms with van der Waals surface area (Å²) >= 11 is 1.45. The van der Waals surface area contributed by atoms with E-state index in [2.05, 4.69) is 32.8 Å². The number of rotatable bonds is 4. The van der Waals surface area contributed by atoms with Crippen LogP contribution in [0.3, 0.4) is 0 Å². The summed E-state index contributed by atoms with van der Waals surface area (Å²) in [7, 11) is 3.33. The maximum atomic E-state index is 12.8. The van der Waals surface area contributed by atoms with Gasteiger partial charge in [-0.2, -0.15) is 0 Å². The number of anilines is 1. The van der Waals surface area contributed by atoms with Crippen LogP contribution in [0, 0.1) is 11.8 Å². The van der Waals surface area contributed by atoms with E-state index in [1.54, 1.807) is 38.6 Å². The van der Waals surface area contributed by atoms with Gasteiger partial charge in [-0.1, -0.05) is 29.2 Å². The topological polar surface area (TPSA) is 118 Å². The number of imide groups is 1. The molecule has 2 aromatic heterocycles. The van der Waals surface area contributed by atoms with Gasteiger partial charge in [0.2, 0.25) is 5.54 Å². The Bertz CT molecular complexity index is 1500. The van der Waals surface area contributed by atoms with Crippen molar-refractivity contribution in [1.29, 1.82) is 0 Å². The van der Waals surface area contributed by atoms with Gasteiger partial charge >= 0.3 is 6.03 Å². The Morgan fingerprint density at radius 1 is 1.30 bits per heavy atom. The second-order valence-corrected chi connectivity index (χ2v) is 8.52. The number of carbonyl (C=O) groups is 2. The molecule has 9 nitrogen and oxygen atoms in total. The molecule has 2 aromatic carbocycles. The number of hydrogen-bond acceptors (Lipinski definition) is 7. The largest absolute Gasteiger partial charge is 0.497 e. The molecule has 0 aliphatic carbocycles. The molecule has 3 amide bonds. The van der Waals surface area contributed by atoms with Crippen LogP contribution in [-0.4, -0.2) is 46.3 Å². The Morgan fingerprint density at radius 2 is 2.15 bits per heavy atom. The van der Waals surface area contributed by atoms with Gasteiger partial charge in [-0.05, 0) is 30.3 Å². The molecular formula is C23H19N5O4S. The van der Waals surface area contributed by atoms with E-state index in [1.807, 2.05) is 18.2 Å². The fourth-order valence-corrected chi connectivity index (χ4v) is 4.67. The molecule has 4 aromatic rings. The summed E-state index contributed by atoms with van der Waals surface area (Å²) in [5.41, 5.74) is -0.0911. The fraction of sp³-hybridized carbons (Fsp3) is 0.174. The first-order chi connectivity index (χ1) is 15.9. The number of amides is 3. The second-order valence-electron chi connectivity index (χ2n) is 7.52. The summed E-state index contributed by atoms with van der Waals surface area (Å²) < 4.78 is 7.60. The SMILES string of the molecule is CNc1nc2cccc(C#C[C@]3(Cn4cc5ccc(OC)cc5c4O)NC(=O)NC3=O)c2s1. The highest BCUT2D eigenvalue weighted by Crippen LogP contribution is 2.32. The van der Waals surface area contributed by atoms with Gasteiger partial charge in [-0.15, -0.1) is 0 Å². The van der Waals surface area contributed by atoms with Crippen LogP contribution in [0.1, 0.15) is 5.56 Å². The minimum atomic E-state index is -1.56. The lowest BCUT2D eigenvalue weighted by atomic mass is 9.99. The second kappa shape index (κ2) is 7.72. The molecule has 0 unspecified atom stereocenters. The average molecular weight is 462 g/mol. The first kappa shape index (κ1) is 20.7. The number of methoxy groups -OCH3 is 1. The van der Waals surface area contributed by atoms with Gasteiger partial charge in [0.15, 0.2) is 11.0 Å². The molecule has 33 heavy (non-hydrogen) atoms. The highest BCUT2D eigenvalue weighted by atomic mass is 32.1. The van der Waals surface area contributed by atoms with Crippen molar-refractivity contribution in [3.05, 3.63) is 48.2 Å². The summed E-state index contributed by atoms with van der Waals surface area (Å²) in [5, 5.41) is 20.8. The van der Waals surface area contributed by atoms with Gasteiger partial charge in [0, 0.05) is 29.6 Å². The van der Waals surface area contributed by atoms with Gasteiger partial charge in [0.1, 0.15) is 5.75 Å². The van der Waals surface area contributed by atoms with Crippen molar-refractivity contribution in [2.75, 3.05) is 19.5 Å². The van der Waals surface area contributed by atoms with Crippen molar-refractivity contribution in [2.24, 2.45) is 0 Å². The van der Waals surface area contributed by atoms with E-state index in [0.29, 0.717) is 16.7 Å². The lowest BCUT2D eigenvalue weighted by Crippen LogP contribution is -2.49. The molecule has 4 N–H and O–H groups in total. The molecule has 1 saturated heterocycles. The zero-order valence-corrected chi connectivity index (χ0v) is 18.5. The average Bonchev–Trinajstić information content (AvgIpc) is 3.46. The molecule has 1 aliphatic rings. The van der Waals surface area contributed by atoms with E-state index in [0.717, 1.165) is 20.7 Å². The first-order valence-corrected chi connectivity index (χ1v) is 10.8. The number of thiazole rings is 1. The van der Waals surface area contributed by atoms with E-state index in [4.69, 9.17) is 4.74 Å². The number of hydrogen-bond donors (Lipinski definition) is 4. The van der Waals surface area contributed by atoms with Crippen LogP contribution in [-0.2, 0) is 11.3 Å². The number of aromatic nitrogens is 2. The molecule has 166 valence electrons.